The number of nitrogens with one attached hydrogen (secondary N) is 1. The van der Waals surface area contributed by atoms with Gasteiger partial charge < -0.3 is 10.1 Å². The van der Waals surface area contributed by atoms with E-state index in [4.69, 9.17) is 4.74 Å². The number of carbonyl (C=O) groups excluding carboxylic acids is 3. The second-order valence-corrected chi connectivity index (χ2v) is 7.83. The number of amides is 1. The van der Waals surface area contributed by atoms with Crippen molar-refractivity contribution in [3.05, 3.63) is 29.8 Å². The average molecular weight is 357 g/mol. The molecule has 2 fully saturated rings. The molecule has 2 bridgehead atoms. The molecule has 0 radical (unpaired) electrons. The van der Waals surface area contributed by atoms with Crippen LogP contribution in [0.15, 0.2) is 24.3 Å². The number of hydrogen-bond donors (Lipinski definition) is 1. The van der Waals surface area contributed by atoms with Gasteiger partial charge in [0.25, 0.3) is 5.91 Å². The molecule has 3 rings (SSSR count). The van der Waals surface area contributed by atoms with E-state index in [0.717, 1.165) is 19.3 Å². The molecule has 0 saturated heterocycles. The Balaban J connectivity index is 1.47. The Kier molecular flexibility index (Phi) is 5.74. The zero-order valence-electron chi connectivity index (χ0n) is 15.5. The van der Waals surface area contributed by atoms with Crippen LogP contribution in [0.5, 0.6) is 0 Å². The Morgan fingerprint density at radius 1 is 1.12 bits per heavy atom. The van der Waals surface area contributed by atoms with E-state index in [1.807, 2.05) is 24.3 Å². The number of hydrogen-bond acceptors (Lipinski definition) is 4. The van der Waals surface area contributed by atoms with Crippen molar-refractivity contribution in [2.45, 2.75) is 51.9 Å². The van der Waals surface area contributed by atoms with Crippen molar-refractivity contribution in [1.82, 2.24) is 0 Å². The van der Waals surface area contributed by atoms with Gasteiger partial charge in [-0.2, -0.15) is 0 Å². The van der Waals surface area contributed by atoms with Gasteiger partial charge in [0.15, 0.2) is 6.61 Å². The number of ether oxygens (including phenoxy) is 1. The van der Waals surface area contributed by atoms with E-state index in [9.17, 15) is 14.4 Å². The third-order valence-corrected chi connectivity index (χ3v) is 5.59. The van der Waals surface area contributed by atoms with Gasteiger partial charge in [0, 0.05) is 17.5 Å². The summed E-state index contributed by atoms with van der Waals surface area (Å²) in [5.74, 6) is -0.171. The van der Waals surface area contributed by atoms with E-state index in [1.54, 1.807) is 0 Å². The molecule has 140 valence electrons. The molecule has 2 aliphatic rings. The number of anilines is 1. The summed E-state index contributed by atoms with van der Waals surface area (Å²) in [5, 5.41) is 2.74. The third kappa shape index (κ3) is 4.32. The molecular formula is C21H27NO4. The van der Waals surface area contributed by atoms with Gasteiger partial charge in [-0.3, -0.25) is 14.4 Å². The highest BCUT2D eigenvalue weighted by molar-refractivity contribution is 5.93. The van der Waals surface area contributed by atoms with Crippen molar-refractivity contribution < 1.29 is 19.1 Å². The molecule has 1 aromatic rings. The van der Waals surface area contributed by atoms with Crippen LogP contribution in [0.25, 0.3) is 0 Å². The van der Waals surface area contributed by atoms with Gasteiger partial charge in [0.05, 0.1) is 5.92 Å². The highest BCUT2D eigenvalue weighted by Gasteiger charge is 2.41. The lowest BCUT2D eigenvalue weighted by Crippen LogP contribution is -2.40. The minimum absolute atomic E-state index is 0.00773. The van der Waals surface area contributed by atoms with Crippen molar-refractivity contribution >= 4 is 23.3 Å². The maximum absolute atomic E-state index is 12.3. The van der Waals surface area contributed by atoms with E-state index >= 15 is 0 Å². The van der Waals surface area contributed by atoms with Crippen molar-refractivity contribution in [2.75, 3.05) is 11.9 Å². The summed E-state index contributed by atoms with van der Waals surface area (Å²) in [4.78, 5) is 36.4. The Morgan fingerprint density at radius 2 is 1.73 bits per heavy atom. The molecule has 5 nitrogen and oxygen atoms in total. The maximum Gasteiger partial charge on any atom is 0.309 e. The summed E-state index contributed by atoms with van der Waals surface area (Å²) in [6.45, 7) is 3.94. The molecule has 0 heterocycles. The number of fused-ring (bicyclic) bond motifs is 2. The average Bonchev–Trinajstić information content (AvgIpc) is 2.60. The largest absolute Gasteiger partial charge is 0.455 e. The van der Waals surface area contributed by atoms with Crippen LogP contribution in [-0.2, 0) is 19.1 Å². The normalized spacial score (nSPS) is 25.0. The quantitative estimate of drug-likeness (QED) is 0.816. The summed E-state index contributed by atoms with van der Waals surface area (Å²) in [5.41, 5.74) is 1.89. The lowest BCUT2D eigenvalue weighted by atomic mass is 9.67. The highest BCUT2D eigenvalue weighted by atomic mass is 16.5. The van der Waals surface area contributed by atoms with Crippen molar-refractivity contribution in [3.63, 3.8) is 0 Å². The SMILES string of the molecule is CC(C)c1ccc(NC(=O)COC(=O)C2C[C@H]3CCC[C@@H](C2)C3=O)cc1. The molecule has 5 heteroatoms. The molecule has 2 saturated carbocycles. The first-order valence-electron chi connectivity index (χ1n) is 9.54. The first-order chi connectivity index (χ1) is 12.4. The Labute approximate surface area is 154 Å². The zero-order chi connectivity index (χ0) is 18.7. The van der Waals surface area contributed by atoms with Gasteiger partial charge in [0.2, 0.25) is 0 Å². The van der Waals surface area contributed by atoms with Gasteiger partial charge in [-0.25, -0.2) is 0 Å². The molecular weight excluding hydrogens is 330 g/mol. The van der Waals surface area contributed by atoms with E-state index in [1.165, 1.54) is 5.56 Å². The second-order valence-electron chi connectivity index (χ2n) is 7.83. The van der Waals surface area contributed by atoms with E-state index in [2.05, 4.69) is 19.2 Å². The Hall–Kier alpha value is -2.17. The van der Waals surface area contributed by atoms with Crippen molar-refractivity contribution in [1.29, 1.82) is 0 Å². The van der Waals surface area contributed by atoms with Crippen LogP contribution in [0.4, 0.5) is 5.69 Å². The van der Waals surface area contributed by atoms with Crippen LogP contribution < -0.4 is 5.32 Å². The summed E-state index contributed by atoms with van der Waals surface area (Å²) in [6.07, 6.45) is 3.98. The van der Waals surface area contributed by atoms with Crippen molar-refractivity contribution in [3.8, 4) is 0 Å². The second kappa shape index (κ2) is 8.02. The van der Waals surface area contributed by atoms with E-state index in [0.29, 0.717) is 30.2 Å². The number of ketones is 1. The smallest absolute Gasteiger partial charge is 0.309 e. The lowest BCUT2D eigenvalue weighted by Gasteiger charge is -2.36. The monoisotopic (exact) mass is 357 g/mol. The minimum atomic E-state index is -0.347. The van der Waals surface area contributed by atoms with Crippen LogP contribution in [0, 0.1) is 17.8 Å². The first-order valence-corrected chi connectivity index (χ1v) is 9.54. The first kappa shape index (κ1) is 18.6. The topological polar surface area (TPSA) is 72.5 Å². The molecule has 0 aliphatic heterocycles. The number of Topliss-reactive ketones (excluding diaryl/α,β-unsaturated/α-hetero) is 1. The van der Waals surface area contributed by atoms with Crippen LogP contribution in [0.3, 0.4) is 0 Å². The number of esters is 1. The Bertz CT molecular complexity index is 664. The van der Waals surface area contributed by atoms with E-state index in [-0.39, 0.29) is 36.2 Å². The maximum atomic E-state index is 12.3. The fraction of sp³-hybridized carbons (Fsp3) is 0.571. The molecule has 0 spiro atoms. The third-order valence-electron chi connectivity index (χ3n) is 5.59. The summed E-state index contributed by atoms with van der Waals surface area (Å²) >= 11 is 0. The van der Waals surface area contributed by atoms with Crippen LogP contribution in [0.2, 0.25) is 0 Å². The summed E-state index contributed by atoms with van der Waals surface area (Å²) in [7, 11) is 0. The molecule has 1 amide bonds. The number of rotatable bonds is 5. The predicted octanol–water partition coefficient (Wildman–Crippen LogP) is 3.69. The number of carbonyl (C=O) groups is 3. The van der Waals surface area contributed by atoms with Gasteiger partial charge in [0.1, 0.15) is 5.78 Å². The Morgan fingerprint density at radius 3 is 2.31 bits per heavy atom. The van der Waals surface area contributed by atoms with E-state index < -0.39 is 0 Å². The fourth-order valence-corrected chi connectivity index (χ4v) is 4.08. The molecule has 1 N–H and O–H groups in total. The number of benzene rings is 1. The standard InChI is InChI=1S/C21H27NO4/c1-13(2)14-6-8-18(9-7-14)22-19(23)12-26-21(25)17-10-15-4-3-5-16(11-17)20(15)24/h6-9,13,15-17H,3-5,10-12H2,1-2H3,(H,22,23)/t15-,16+,17?. The van der Waals surface area contributed by atoms with Gasteiger partial charge in [-0.05, 0) is 49.3 Å². The predicted molar refractivity (Wildman–Crippen MR) is 98.7 cm³/mol. The molecule has 26 heavy (non-hydrogen) atoms. The zero-order valence-corrected chi connectivity index (χ0v) is 15.5. The molecule has 1 unspecified atom stereocenters. The molecule has 1 aromatic carbocycles. The van der Waals surface area contributed by atoms with Crippen molar-refractivity contribution in [2.24, 2.45) is 17.8 Å². The van der Waals surface area contributed by atoms with Crippen LogP contribution in [0.1, 0.15) is 57.4 Å². The summed E-state index contributed by atoms with van der Waals surface area (Å²) < 4.78 is 5.22. The van der Waals surface area contributed by atoms with Gasteiger partial charge in [-0.1, -0.05) is 32.4 Å². The molecule has 0 aromatic heterocycles. The van der Waals surface area contributed by atoms with Gasteiger partial charge in [-0.15, -0.1) is 0 Å². The fourth-order valence-electron chi connectivity index (χ4n) is 4.08. The van der Waals surface area contributed by atoms with Crippen LogP contribution in [-0.4, -0.2) is 24.3 Å². The van der Waals surface area contributed by atoms with Gasteiger partial charge >= 0.3 is 5.97 Å². The summed E-state index contributed by atoms with van der Waals surface area (Å²) in [6, 6.07) is 7.65. The van der Waals surface area contributed by atoms with Crippen LogP contribution >= 0.6 is 0 Å². The highest BCUT2D eigenvalue weighted by Crippen LogP contribution is 2.40. The minimum Gasteiger partial charge on any atom is -0.455 e. The lowest BCUT2D eigenvalue weighted by molar-refractivity contribution is -0.155. The molecule has 2 aliphatic carbocycles. The molecule has 3 atom stereocenters.